The van der Waals surface area contributed by atoms with Gasteiger partial charge in [-0.1, -0.05) is 6.07 Å². The fourth-order valence-corrected chi connectivity index (χ4v) is 4.88. The number of carbonyl (C=O) groups is 2. The third-order valence-electron chi connectivity index (χ3n) is 7.22. The summed E-state index contributed by atoms with van der Waals surface area (Å²) in [4.78, 5) is 27.0. The smallest absolute Gasteiger partial charge is 0.309 e. The van der Waals surface area contributed by atoms with Crippen LogP contribution in [0.3, 0.4) is 0 Å². The molecule has 44 heavy (non-hydrogen) atoms. The maximum Gasteiger partial charge on any atom is 0.309 e. The number of carbonyl (C=O) groups excluding carboxylic acids is 2. The minimum Gasteiger partial charge on any atom is -0.497 e. The minimum atomic E-state index is -0.338. The zero-order chi connectivity index (χ0) is 31.6. The van der Waals surface area contributed by atoms with Gasteiger partial charge >= 0.3 is 5.97 Å². The highest BCUT2D eigenvalue weighted by Gasteiger charge is 2.26. The average Bonchev–Trinajstić information content (AvgIpc) is 3.62. The van der Waals surface area contributed by atoms with Crippen LogP contribution in [-0.2, 0) is 20.9 Å². The highest BCUT2D eigenvalue weighted by Crippen LogP contribution is 2.46. The molecule has 0 spiro atoms. The molecule has 0 saturated carbocycles. The second kappa shape index (κ2) is 15.2. The molecule has 1 aliphatic rings. The second-order valence-corrected chi connectivity index (χ2v) is 10.5. The lowest BCUT2D eigenvalue weighted by atomic mass is 10.00. The molecule has 0 bridgehead atoms. The fourth-order valence-electron chi connectivity index (χ4n) is 4.88. The van der Waals surface area contributed by atoms with Crippen molar-refractivity contribution in [2.45, 2.75) is 26.3 Å². The van der Waals surface area contributed by atoms with E-state index in [1.54, 1.807) is 33.7 Å². The molecule has 0 fully saturated rings. The number of fused-ring (bicyclic) bond motifs is 1. The van der Waals surface area contributed by atoms with Crippen molar-refractivity contribution < 1.29 is 37.7 Å². The Morgan fingerprint density at radius 1 is 0.955 bits per heavy atom. The summed E-state index contributed by atoms with van der Waals surface area (Å²) in [5.74, 6) is 2.27. The SMILES string of the molecule is COc1ccc2c(c1)C(CC(=O)NCc1ccco1)=C(C)C2=Cc1cc(OC)c(OCCC(=O)OCCN(C)C)c(OC)c1. The number of esters is 1. The Hall–Kier alpha value is -4.70. The summed E-state index contributed by atoms with van der Waals surface area (Å²) < 4.78 is 33.3. The van der Waals surface area contributed by atoms with Gasteiger partial charge in [0.25, 0.3) is 0 Å². The van der Waals surface area contributed by atoms with Crippen LogP contribution in [0.15, 0.2) is 58.7 Å². The highest BCUT2D eigenvalue weighted by atomic mass is 16.5. The molecule has 10 heteroatoms. The molecule has 4 rings (SSSR count). The number of hydrogen-bond acceptors (Lipinski definition) is 9. The molecule has 1 aliphatic carbocycles. The summed E-state index contributed by atoms with van der Waals surface area (Å²) in [6.45, 7) is 3.41. The largest absolute Gasteiger partial charge is 0.497 e. The summed E-state index contributed by atoms with van der Waals surface area (Å²) in [6, 6.07) is 13.2. The first-order chi connectivity index (χ1) is 21.2. The van der Waals surface area contributed by atoms with E-state index in [4.69, 9.17) is 28.1 Å². The van der Waals surface area contributed by atoms with E-state index in [-0.39, 0.29) is 31.3 Å². The standard InChI is InChI=1S/C34H40N2O8/c1-22-27(26-10-9-24(39-4)19-29(26)28(22)20-32(37)35-21-25-8-7-13-42-25)16-23-17-30(40-5)34(31(18-23)41-6)44-14-11-33(38)43-15-12-36(2)3/h7-10,13,16-19H,11-12,14-15,20-21H2,1-6H3,(H,35,37). The van der Waals surface area contributed by atoms with E-state index in [2.05, 4.69) is 5.32 Å². The zero-order valence-corrected chi connectivity index (χ0v) is 26.2. The lowest BCUT2D eigenvalue weighted by Gasteiger charge is -2.16. The van der Waals surface area contributed by atoms with Gasteiger partial charge < -0.3 is 38.3 Å². The number of hydrogen-bond donors (Lipinski definition) is 1. The van der Waals surface area contributed by atoms with Crippen LogP contribution in [-0.4, -0.2) is 72.0 Å². The molecular weight excluding hydrogens is 564 g/mol. The van der Waals surface area contributed by atoms with Crippen LogP contribution in [0.25, 0.3) is 17.2 Å². The molecule has 1 amide bonds. The summed E-state index contributed by atoms with van der Waals surface area (Å²) in [5, 5.41) is 2.94. The van der Waals surface area contributed by atoms with Crippen molar-refractivity contribution in [1.82, 2.24) is 10.2 Å². The van der Waals surface area contributed by atoms with Crippen LogP contribution in [0.5, 0.6) is 23.0 Å². The number of nitrogens with zero attached hydrogens (tertiary/aromatic N) is 1. The van der Waals surface area contributed by atoms with Crippen LogP contribution in [0.2, 0.25) is 0 Å². The quantitative estimate of drug-likeness (QED) is 0.234. The van der Waals surface area contributed by atoms with Gasteiger partial charge in [-0.2, -0.15) is 0 Å². The third-order valence-corrected chi connectivity index (χ3v) is 7.22. The summed E-state index contributed by atoms with van der Waals surface area (Å²) >= 11 is 0. The Morgan fingerprint density at radius 3 is 2.34 bits per heavy atom. The van der Waals surface area contributed by atoms with E-state index >= 15 is 0 Å². The predicted molar refractivity (Wildman–Crippen MR) is 168 cm³/mol. The molecule has 0 saturated heterocycles. The van der Waals surface area contributed by atoms with Crippen LogP contribution in [0.1, 0.15) is 42.2 Å². The monoisotopic (exact) mass is 604 g/mol. The van der Waals surface area contributed by atoms with Gasteiger partial charge in [-0.25, -0.2) is 0 Å². The van der Waals surface area contributed by atoms with Gasteiger partial charge in [-0.15, -0.1) is 0 Å². The van der Waals surface area contributed by atoms with Crippen molar-refractivity contribution in [3.8, 4) is 23.0 Å². The number of benzene rings is 2. The number of amides is 1. The molecule has 0 unspecified atom stereocenters. The van der Waals surface area contributed by atoms with Gasteiger partial charge in [0.1, 0.15) is 18.1 Å². The molecule has 0 atom stereocenters. The molecule has 0 aliphatic heterocycles. The van der Waals surface area contributed by atoms with Crippen LogP contribution < -0.4 is 24.3 Å². The average molecular weight is 605 g/mol. The van der Waals surface area contributed by atoms with Crippen LogP contribution >= 0.6 is 0 Å². The Morgan fingerprint density at radius 2 is 1.70 bits per heavy atom. The molecule has 2 aromatic carbocycles. The number of ether oxygens (including phenoxy) is 5. The van der Waals surface area contributed by atoms with E-state index in [1.165, 1.54) is 0 Å². The van der Waals surface area contributed by atoms with Crippen molar-refractivity contribution in [3.63, 3.8) is 0 Å². The molecule has 3 aromatic rings. The normalized spacial score (nSPS) is 13.2. The molecule has 234 valence electrons. The maximum atomic E-state index is 13.0. The zero-order valence-electron chi connectivity index (χ0n) is 26.2. The van der Waals surface area contributed by atoms with Crippen molar-refractivity contribution in [2.75, 3.05) is 55.2 Å². The van der Waals surface area contributed by atoms with Gasteiger partial charge in [0.15, 0.2) is 11.5 Å². The topological polar surface area (TPSA) is 109 Å². The summed E-state index contributed by atoms with van der Waals surface area (Å²) in [6.07, 6.45) is 3.90. The van der Waals surface area contributed by atoms with Crippen LogP contribution in [0, 0.1) is 0 Å². The van der Waals surface area contributed by atoms with Gasteiger partial charge in [0, 0.05) is 6.54 Å². The molecular formula is C34H40N2O8. The Labute approximate surface area is 258 Å². The summed E-state index contributed by atoms with van der Waals surface area (Å²) in [7, 11) is 8.55. The molecule has 1 N–H and O–H groups in total. The molecule has 1 aromatic heterocycles. The van der Waals surface area contributed by atoms with Gasteiger partial charge in [0.05, 0.1) is 53.6 Å². The number of rotatable bonds is 15. The van der Waals surface area contributed by atoms with Gasteiger partial charge in [0.2, 0.25) is 11.7 Å². The van der Waals surface area contributed by atoms with E-state index in [0.717, 1.165) is 33.4 Å². The Kier molecular flexibility index (Phi) is 11.1. The number of methoxy groups -OCH3 is 3. The maximum absolute atomic E-state index is 13.0. The minimum absolute atomic E-state index is 0.0909. The van der Waals surface area contributed by atoms with Crippen molar-refractivity contribution in [1.29, 1.82) is 0 Å². The van der Waals surface area contributed by atoms with E-state index in [9.17, 15) is 9.59 Å². The fraction of sp³-hybridized carbons (Fsp3) is 0.353. The predicted octanol–water partition coefficient (Wildman–Crippen LogP) is 5.21. The van der Waals surface area contributed by atoms with Gasteiger partial charge in [-0.05, 0) is 96.9 Å². The lowest BCUT2D eigenvalue weighted by Crippen LogP contribution is -2.22. The van der Waals surface area contributed by atoms with Crippen molar-refractivity contribution in [3.05, 3.63) is 76.8 Å². The van der Waals surface area contributed by atoms with Crippen molar-refractivity contribution in [2.24, 2.45) is 0 Å². The Balaban J connectivity index is 1.57. The van der Waals surface area contributed by atoms with E-state index in [1.807, 2.05) is 68.4 Å². The third kappa shape index (κ3) is 8.02. The molecule has 10 nitrogen and oxygen atoms in total. The number of allylic oxidation sites excluding steroid dienone is 2. The highest BCUT2D eigenvalue weighted by molar-refractivity contribution is 6.08. The number of furan rings is 1. The number of nitrogens with one attached hydrogen (secondary N) is 1. The number of likely N-dealkylation sites (N-methyl/N-ethyl adjacent to an activating group) is 1. The molecule has 1 heterocycles. The first-order valence-electron chi connectivity index (χ1n) is 14.3. The van der Waals surface area contributed by atoms with Crippen molar-refractivity contribution >= 4 is 29.1 Å². The van der Waals surface area contributed by atoms with Crippen LogP contribution in [0.4, 0.5) is 0 Å². The first kappa shape index (κ1) is 32.2. The second-order valence-electron chi connectivity index (χ2n) is 10.5. The lowest BCUT2D eigenvalue weighted by molar-refractivity contribution is -0.144. The first-order valence-corrected chi connectivity index (χ1v) is 14.3. The van der Waals surface area contributed by atoms with E-state index in [0.29, 0.717) is 48.5 Å². The summed E-state index contributed by atoms with van der Waals surface area (Å²) in [5.41, 5.74) is 5.61. The van der Waals surface area contributed by atoms with E-state index < -0.39 is 0 Å². The molecule has 0 radical (unpaired) electrons. The Bertz CT molecular complexity index is 1500. The van der Waals surface area contributed by atoms with Gasteiger partial charge in [-0.3, -0.25) is 9.59 Å².